The summed E-state index contributed by atoms with van der Waals surface area (Å²) in [6, 6.07) is 13.5. The quantitative estimate of drug-likeness (QED) is 0.728. The molecule has 0 saturated heterocycles. The zero-order valence-electron chi connectivity index (χ0n) is 12.5. The van der Waals surface area contributed by atoms with E-state index >= 15 is 0 Å². The van der Waals surface area contributed by atoms with Gasteiger partial charge in [-0.15, -0.1) is 0 Å². The first-order valence-corrected chi connectivity index (χ1v) is 7.54. The second kappa shape index (κ2) is 5.85. The van der Waals surface area contributed by atoms with Crippen molar-refractivity contribution in [2.45, 2.75) is 20.3 Å². The van der Waals surface area contributed by atoms with Crippen LogP contribution in [0.4, 0.5) is 5.69 Å². The van der Waals surface area contributed by atoms with Crippen LogP contribution >= 0.6 is 11.6 Å². The normalized spacial score (nSPS) is 10.9. The van der Waals surface area contributed by atoms with Gasteiger partial charge < -0.3 is 10.3 Å². The lowest BCUT2D eigenvalue weighted by Crippen LogP contribution is -2.15. The van der Waals surface area contributed by atoms with Crippen molar-refractivity contribution in [1.82, 2.24) is 4.98 Å². The van der Waals surface area contributed by atoms with Crippen LogP contribution < -0.4 is 5.32 Å². The number of anilines is 1. The number of hydrogen-bond donors (Lipinski definition) is 2. The van der Waals surface area contributed by atoms with Crippen LogP contribution in [0.5, 0.6) is 0 Å². The van der Waals surface area contributed by atoms with Crippen LogP contribution in [0.1, 0.15) is 16.8 Å². The third-order valence-electron chi connectivity index (χ3n) is 3.76. The molecule has 1 aromatic heterocycles. The first-order chi connectivity index (χ1) is 10.5. The van der Waals surface area contributed by atoms with Gasteiger partial charge in [-0.3, -0.25) is 4.79 Å². The van der Waals surface area contributed by atoms with Gasteiger partial charge in [-0.1, -0.05) is 35.4 Å². The Morgan fingerprint density at radius 3 is 2.73 bits per heavy atom. The maximum atomic E-state index is 12.3. The fraction of sp³-hybridized carbons (Fsp3) is 0.167. The molecular weight excluding hydrogens is 296 g/mol. The Hall–Kier alpha value is -2.26. The highest BCUT2D eigenvalue weighted by molar-refractivity contribution is 6.33. The molecule has 0 aliphatic rings. The monoisotopic (exact) mass is 312 g/mol. The maximum absolute atomic E-state index is 12.3. The smallest absolute Gasteiger partial charge is 0.228 e. The van der Waals surface area contributed by atoms with Crippen LogP contribution in [-0.2, 0) is 11.2 Å². The van der Waals surface area contributed by atoms with Gasteiger partial charge in [-0.05, 0) is 43.7 Å². The van der Waals surface area contributed by atoms with E-state index in [1.54, 1.807) is 12.1 Å². The third kappa shape index (κ3) is 2.85. The first kappa shape index (κ1) is 14.7. The van der Waals surface area contributed by atoms with E-state index in [4.69, 9.17) is 11.6 Å². The summed E-state index contributed by atoms with van der Waals surface area (Å²) in [6.07, 6.45) is 0.320. The van der Waals surface area contributed by atoms with E-state index in [0.29, 0.717) is 17.1 Å². The van der Waals surface area contributed by atoms with Crippen LogP contribution in [-0.4, -0.2) is 10.9 Å². The summed E-state index contributed by atoms with van der Waals surface area (Å²) in [6.45, 7) is 4.04. The van der Waals surface area contributed by atoms with Crippen molar-refractivity contribution in [3.05, 3.63) is 64.3 Å². The fourth-order valence-electron chi connectivity index (χ4n) is 2.64. The van der Waals surface area contributed by atoms with E-state index in [0.717, 1.165) is 22.2 Å². The number of rotatable bonds is 3. The number of hydrogen-bond acceptors (Lipinski definition) is 1. The van der Waals surface area contributed by atoms with Crippen LogP contribution in [0.3, 0.4) is 0 Å². The number of aromatic nitrogens is 1. The summed E-state index contributed by atoms with van der Waals surface area (Å²) in [5.74, 6) is -0.0707. The van der Waals surface area contributed by atoms with E-state index in [1.807, 2.05) is 25.1 Å². The van der Waals surface area contributed by atoms with Gasteiger partial charge in [-0.2, -0.15) is 0 Å². The van der Waals surface area contributed by atoms with E-state index in [9.17, 15) is 4.79 Å². The molecule has 0 aliphatic heterocycles. The predicted octanol–water partition coefficient (Wildman–Crippen LogP) is 4.62. The third-order valence-corrected chi connectivity index (χ3v) is 4.09. The van der Waals surface area contributed by atoms with Crippen LogP contribution in [0, 0.1) is 13.8 Å². The van der Waals surface area contributed by atoms with Crippen molar-refractivity contribution >= 4 is 34.1 Å². The summed E-state index contributed by atoms with van der Waals surface area (Å²) in [4.78, 5) is 15.7. The Morgan fingerprint density at radius 2 is 1.95 bits per heavy atom. The van der Waals surface area contributed by atoms with Crippen molar-refractivity contribution in [2.24, 2.45) is 0 Å². The minimum Gasteiger partial charge on any atom is -0.358 e. The molecule has 2 N–H and O–H groups in total. The average molecular weight is 313 g/mol. The highest BCUT2D eigenvalue weighted by Crippen LogP contribution is 2.25. The predicted molar refractivity (Wildman–Crippen MR) is 91.6 cm³/mol. The second-order valence-electron chi connectivity index (χ2n) is 5.48. The highest BCUT2D eigenvalue weighted by Gasteiger charge is 2.13. The molecule has 0 bridgehead atoms. The number of amides is 1. The van der Waals surface area contributed by atoms with Crippen molar-refractivity contribution in [3.63, 3.8) is 0 Å². The summed E-state index contributed by atoms with van der Waals surface area (Å²) in [5, 5.41) is 4.52. The van der Waals surface area contributed by atoms with Gasteiger partial charge in [0.1, 0.15) is 0 Å². The molecule has 4 heteroatoms. The summed E-state index contributed by atoms with van der Waals surface area (Å²) < 4.78 is 0. The van der Waals surface area contributed by atoms with Crippen molar-refractivity contribution in [1.29, 1.82) is 0 Å². The molecule has 0 saturated carbocycles. The van der Waals surface area contributed by atoms with Crippen molar-refractivity contribution in [3.8, 4) is 0 Å². The Morgan fingerprint density at radius 1 is 1.18 bits per heavy atom. The van der Waals surface area contributed by atoms with Gasteiger partial charge in [-0.25, -0.2) is 0 Å². The Bertz CT molecular complexity index is 851. The molecule has 0 atom stereocenters. The zero-order valence-corrected chi connectivity index (χ0v) is 13.3. The standard InChI is InChI=1S/C18H17ClN2O/c1-11-7-8-16-14(9-11)13(12(2)20-16)10-18(22)21-17-6-4-3-5-15(17)19/h3-9,20H,10H2,1-2H3,(H,21,22). The molecule has 1 amide bonds. The zero-order chi connectivity index (χ0) is 15.7. The molecular formula is C18H17ClN2O. The molecule has 0 radical (unpaired) electrons. The van der Waals surface area contributed by atoms with Gasteiger partial charge in [0.2, 0.25) is 5.91 Å². The van der Waals surface area contributed by atoms with Gasteiger partial charge in [0.25, 0.3) is 0 Å². The number of H-pyrrole nitrogens is 1. The van der Waals surface area contributed by atoms with Crippen molar-refractivity contribution in [2.75, 3.05) is 5.32 Å². The van der Waals surface area contributed by atoms with E-state index in [-0.39, 0.29) is 5.91 Å². The molecule has 22 heavy (non-hydrogen) atoms. The SMILES string of the molecule is Cc1ccc2[nH]c(C)c(CC(=O)Nc3ccccc3Cl)c2c1. The van der Waals surface area contributed by atoms with Gasteiger partial charge in [0.15, 0.2) is 0 Å². The topological polar surface area (TPSA) is 44.9 Å². The molecule has 0 spiro atoms. The van der Waals surface area contributed by atoms with E-state index in [2.05, 4.69) is 29.4 Å². The Kier molecular flexibility index (Phi) is 3.90. The lowest BCUT2D eigenvalue weighted by atomic mass is 10.1. The highest BCUT2D eigenvalue weighted by atomic mass is 35.5. The minimum atomic E-state index is -0.0707. The number of aryl methyl sites for hydroxylation is 2. The number of carbonyl (C=O) groups excluding carboxylic acids is 1. The number of halogens is 1. The Labute approximate surface area is 134 Å². The van der Waals surface area contributed by atoms with Gasteiger partial charge >= 0.3 is 0 Å². The summed E-state index contributed by atoms with van der Waals surface area (Å²) in [5.41, 5.74) is 4.93. The molecule has 0 aliphatic carbocycles. The number of fused-ring (bicyclic) bond motifs is 1. The first-order valence-electron chi connectivity index (χ1n) is 7.17. The van der Waals surface area contributed by atoms with Crippen LogP contribution in [0.25, 0.3) is 10.9 Å². The molecule has 0 fully saturated rings. The van der Waals surface area contributed by atoms with Crippen LogP contribution in [0.15, 0.2) is 42.5 Å². The van der Waals surface area contributed by atoms with E-state index < -0.39 is 0 Å². The minimum absolute atomic E-state index is 0.0707. The number of para-hydroxylation sites is 1. The fourth-order valence-corrected chi connectivity index (χ4v) is 2.82. The van der Waals surface area contributed by atoms with Gasteiger partial charge in [0.05, 0.1) is 17.1 Å². The second-order valence-corrected chi connectivity index (χ2v) is 5.89. The molecule has 3 aromatic rings. The largest absolute Gasteiger partial charge is 0.358 e. The summed E-state index contributed by atoms with van der Waals surface area (Å²) in [7, 11) is 0. The number of carbonyl (C=O) groups is 1. The lowest BCUT2D eigenvalue weighted by Gasteiger charge is -2.07. The number of benzene rings is 2. The van der Waals surface area contributed by atoms with Crippen molar-refractivity contribution < 1.29 is 4.79 Å². The average Bonchev–Trinajstić information content (AvgIpc) is 2.77. The molecule has 2 aromatic carbocycles. The summed E-state index contributed by atoms with van der Waals surface area (Å²) >= 11 is 6.08. The molecule has 1 heterocycles. The van der Waals surface area contributed by atoms with E-state index in [1.165, 1.54) is 5.56 Å². The molecule has 3 rings (SSSR count). The number of aromatic amines is 1. The lowest BCUT2D eigenvalue weighted by molar-refractivity contribution is -0.115. The Balaban J connectivity index is 1.87. The number of nitrogens with one attached hydrogen (secondary N) is 2. The van der Waals surface area contributed by atoms with Crippen LogP contribution in [0.2, 0.25) is 5.02 Å². The molecule has 0 unspecified atom stereocenters. The maximum Gasteiger partial charge on any atom is 0.228 e. The van der Waals surface area contributed by atoms with Gasteiger partial charge in [0, 0.05) is 16.6 Å². The molecule has 3 nitrogen and oxygen atoms in total. The molecule has 112 valence electrons.